The van der Waals surface area contributed by atoms with E-state index in [2.05, 4.69) is 19.2 Å². The number of carbonyl (C=O) groups excluding carboxylic acids is 1. The fourth-order valence-electron chi connectivity index (χ4n) is 2.96. The first-order valence-corrected chi connectivity index (χ1v) is 8.63. The van der Waals surface area contributed by atoms with Crippen LogP contribution in [-0.2, 0) is 16.1 Å². The lowest BCUT2D eigenvalue weighted by Crippen LogP contribution is -2.40. The summed E-state index contributed by atoms with van der Waals surface area (Å²) < 4.78 is 5.62. The summed E-state index contributed by atoms with van der Waals surface area (Å²) in [6, 6.07) is 6.02. The number of hydrogen-bond acceptors (Lipinski definition) is 5. The van der Waals surface area contributed by atoms with Gasteiger partial charge in [-0.15, -0.1) is 0 Å². The van der Waals surface area contributed by atoms with Gasteiger partial charge < -0.3 is 10.1 Å². The Kier molecular flexibility index (Phi) is 6.73. The Labute approximate surface area is 142 Å². The van der Waals surface area contributed by atoms with Crippen molar-refractivity contribution in [1.82, 2.24) is 5.32 Å². The van der Waals surface area contributed by atoms with E-state index >= 15 is 0 Å². The number of non-ortho nitro benzene ring substituents is 1. The van der Waals surface area contributed by atoms with Crippen LogP contribution in [0.1, 0.15) is 51.5 Å². The summed E-state index contributed by atoms with van der Waals surface area (Å²) in [6.45, 7) is 4.63. The van der Waals surface area contributed by atoms with Crippen molar-refractivity contribution in [2.45, 2.75) is 64.6 Å². The van der Waals surface area contributed by atoms with Gasteiger partial charge in [0.05, 0.1) is 4.92 Å². The van der Waals surface area contributed by atoms with Crippen LogP contribution in [0.5, 0.6) is 0 Å². The molecule has 2 rings (SSSR count). The molecule has 6 nitrogen and oxygen atoms in total. The van der Waals surface area contributed by atoms with E-state index in [1.54, 1.807) is 12.1 Å². The highest BCUT2D eigenvalue weighted by Crippen LogP contribution is 2.22. The average molecular weight is 334 g/mol. The lowest BCUT2D eigenvalue weighted by atomic mass is 10.0. The minimum absolute atomic E-state index is 0.0633. The van der Waals surface area contributed by atoms with Crippen molar-refractivity contribution in [2.75, 3.05) is 0 Å². The van der Waals surface area contributed by atoms with Gasteiger partial charge in [-0.3, -0.25) is 14.9 Å². The molecule has 1 fully saturated rings. The molecule has 0 aliphatic heterocycles. The second kappa shape index (κ2) is 8.78. The first kappa shape index (κ1) is 18.4. The highest BCUT2D eigenvalue weighted by atomic mass is 16.6. The molecule has 0 heterocycles. The third kappa shape index (κ3) is 5.60. The molecule has 0 bridgehead atoms. The number of ether oxygens (including phenoxy) is 1. The fraction of sp³-hybridized carbons (Fsp3) is 0.611. The molecule has 6 heteroatoms. The Morgan fingerprint density at radius 1 is 1.29 bits per heavy atom. The van der Waals surface area contributed by atoms with Crippen LogP contribution in [0.25, 0.3) is 0 Å². The van der Waals surface area contributed by atoms with Crippen molar-refractivity contribution in [2.24, 2.45) is 5.92 Å². The van der Waals surface area contributed by atoms with Crippen LogP contribution >= 0.6 is 0 Å². The number of nitrogens with one attached hydrogen (secondary N) is 1. The van der Waals surface area contributed by atoms with Crippen LogP contribution in [0.4, 0.5) is 5.69 Å². The third-order valence-electron chi connectivity index (χ3n) is 4.28. The molecule has 1 aromatic carbocycles. The van der Waals surface area contributed by atoms with Crippen LogP contribution in [0.3, 0.4) is 0 Å². The van der Waals surface area contributed by atoms with Gasteiger partial charge >= 0.3 is 5.97 Å². The standard InChI is InChI=1S/C18H26N2O4/c1-13(2)11-17(18(21)24-16-5-3-4-6-16)19-12-14-7-9-15(10-8-14)20(22)23/h7-10,13,16-17,19H,3-6,11-12H2,1-2H3. The predicted octanol–water partition coefficient (Wildman–Crippen LogP) is 3.58. The average Bonchev–Trinajstić information content (AvgIpc) is 3.04. The number of hydrogen-bond donors (Lipinski definition) is 1. The van der Waals surface area contributed by atoms with Gasteiger partial charge in [0, 0.05) is 18.7 Å². The summed E-state index contributed by atoms with van der Waals surface area (Å²) in [4.78, 5) is 22.7. The zero-order valence-corrected chi connectivity index (χ0v) is 14.4. The third-order valence-corrected chi connectivity index (χ3v) is 4.28. The zero-order chi connectivity index (χ0) is 17.5. The molecule has 1 N–H and O–H groups in total. The molecule has 1 unspecified atom stereocenters. The summed E-state index contributed by atoms with van der Waals surface area (Å²) in [7, 11) is 0. The topological polar surface area (TPSA) is 81.5 Å². The largest absolute Gasteiger partial charge is 0.461 e. The van der Waals surface area contributed by atoms with E-state index in [4.69, 9.17) is 4.74 Å². The van der Waals surface area contributed by atoms with Gasteiger partial charge in [-0.25, -0.2) is 0 Å². The van der Waals surface area contributed by atoms with Gasteiger partial charge in [-0.1, -0.05) is 26.0 Å². The number of esters is 1. The summed E-state index contributed by atoms with van der Waals surface area (Å²) in [5.41, 5.74) is 0.973. The monoisotopic (exact) mass is 334 g/mol. The minimum Gasteiger partial charge on any atom is -0.461 e. The van der Waals surface area contributed by atoms with Gasteiger partial charge in [-0.05, 0) is 43.6 Å². The highest BCUT2D eigenvalue weighted by molar-refractivity contribution is 5.76. The first-order chi connectivity index (χ1) is 11.5. The maximum absolute atomic E-state index is 12.4. The molecular formula is C18H26N2O4. The maximum Gasteiger partial charge on any atom is 0.323 e. The fourth-order valence-corrected chi connectivity index (χ4v) is 2.96. The number of rotatable bonds is 8. The highest BCUT2D eigenvalue weighted by Gasteiger charge is 2.25. The Bertz CT molecular complexity index is 551. The number of benzene rings is 1. The molecule has 0 radical (unpaired) electrons. The Balaban J connectivity index is 1.92. The van der Waals surface area contributed by atoms with Gasteiger partial charge in [0.25, 0.3) is 5.69 Å². The smallest absolute Gasteiger partial charge is 0.323 e. The molecule has 1 aliphatic carbocycles. The summed E-state index contributed by atoms with van der Waals surface area (Å²) >= 11 is 0. The molecule has 1 saturated carbocycles. The number of carbonyl (C=O) groups is 1. The molecule has 0 aromatic heterocycles. The van der Waals surface area contributed by atoms with Crippen molar-refractivity contribution in [3.05, 3.63) is 39.9 Å². The van der Waals surface area contributed by atoms with Crippen LogP contribution in [-0.4, -0.2) is 23.0 Å². The number of nitrogens with zero attached hydrogens (tertiary/aromatic N) is 1. The predicted molar refractivity (Wildman–Crippen MR) is 91.5 cm³/mol. The molecule has 1 aromatic rings. The van der Waals surface area contributed by atoms with Crippen LogP contribution in [0.15, 0.2) is 24.3 Å². The van der Waals surface area contributed by atoms with Crippen LogP contribution < -0.4 is 5.32 Å². The second-order valence-electron chi connectivity index (χ2n) is 6.83. The maximum atomic E-state index is 12.4. The number of nitro benzene ring substituents is 1. The molecule has 1 atom stereocenters. The molecule has 1 aliphatic rings. The van der Waals surface area contributed by atoms with Crippen LogP contribution in [0, 0.1) is 16.0 Å². The van der Waals surface area contributed by atoms with E-state index in [0.717, 1.165) is 31.2 Å². The normalized spacial score (nSPS) is 16.3. The van der Waals surface area contributed by atoms with Gasteiger partial charge in [0.1, 0.15) is 12.1 Å². The van der Waals surface area contributed by atoms with E-state index in [1.165, 1.54) is 12.1 Å². The molecule has 132 valence electrons. The van der Waals surface area contributed by atoms with Crippen molar-refractivity contribution in [3.63, 3.8) is 0 Å². The second-order valence-corrected chi connectivity index (χ2v) is 6.83. The lowest BCUT2D eigenvalue weighted by molar-refractivity contribution is -0.384. The van der Waals surface area contributed by atoms with Gasteiger partial charge in [0.2, 0.25) is 0 Å². The van der Waals surface area contributed by atoms with Crippen molar-refractivity contribution < 1.29 is 14.5 Å². The summed E-state index contributed by atoms with van der Waals surface area (Å²) in [5.74, 6) is 0.188. The summed E-state index contributed by atoms with van der Waals surface area (Å²) in [6.07, 6.45) is 4.95. The van der Waals surface area contributed by atoms with Crippen molar-refractivity contribution in [1.29, 1.82) is 0 Å². The molecule has 0 saturated heterocycles. The van der Waals surface area contributed by atoms with E-state index in [9.17, 15) is 14.9 Å². The van der Waals surface area contributed by atoms with E-state index in [0.29, 0.717) is 18.9 Å². The minimum atomic E-state index is -0.419. The molecule has 0 spiro atoms. The van der Waals surface area contributed by atoms with Crippen molar-refractivity contribution in [3.8, 4) is 0 Å². The summed E-state index contributed by atoms with van der Waals surface area (Å²) in [5, 5.41) is 13.9. The van der Waals surface area contributed by atoms with Crippen LogP contribution in [0.2, 0.25) is 0 Å². The molecular weight excluding hydrogens is 308 g/mol. The SMILES string of the molecule is CC(C)CC(NCc1ccc([N+](=O)[O-])cc1)C(=O)OC1CCCC1. The Morgan fingerprint density at radius 2 is 1.92 bits per heavy atom. The lowest BCUT2D eigenvalue weighted by Gasteiger charge is -2.21. The number of nitro groups is 1. The zero-order valence-electron chi connectivity index (χ0n) is 14.4. The quantitative estimate of drug-likeness (QED) is 0.446. The first-order valence-electron chi connectivity index (χ1n) is 8.63. The van der Waals surface area contributed by atoms with E-state index in [1.807, 2.05) is 0 Å². The molecule has 24 heavy (non-hydrogen) atoms. The Hall–Kier alpha value is -1.95. The van der Waals surface area contributed by atoms with E-state index < -0.39 is 4.92 Å². The molecule has 0 amide bonds. The van der Waals surface area contributed by atoms with Gasteiger partial charge in [0.15, 0.2) is 0 Å². The Morgan fingerprint density at radius 3 is 2.46 bits per heavy atom. The van der Waals surface area contributed by atoms with Crippen molar-refractivity contribution >= 4 is 11.7 Å². The van der Waals surface area contributed by atoms with E-state index in [-0.39, 0.29) is 23.8 Å². The van der Waals surface area contributed by atoms with Gasteiger partial charge in [-0.2, -0.15) is 0 Å².